The molecule has 1 amide bonds. The summed E-state index contributed by atoms with van der Waals surface area (Å²) in [7, 11) is 0. The van der Waals surface area contributed by atoms with Crippen LogP contribution in [0.3, 0.4) is 0 Å². The summed E-state index contributed by atoms with van der Waals surface area (Å²) in [5, 5.41) is 5.39. The van der Waals surface area contributed by atoms with Gasteiger partial charge in [-0.2, -0.15) is 0 Å². The lowest BCUT2D eigenvalue weighted by Crippen LogP contribution is -2.35. The Balaban J connectivity index is 1.69. The number of rotatable bonds is 7. The van der Waals surface area contributed by atoms with Crippen molar-refractivity contribution in [3.8, 4) is 11.8 Å². The van der Waals surface area contributed by atoms with E-state index in [0.29, 0.717) is 28.5 Å². The lowest BCUT2D eigenvalue weighted by Gasteiger charge is -2.19. The van der Waals surface area contributed by atoms with Gasteiger partial charge in [0.1, 0.15) is 5.82 Å². The maximum atomic E-state index is 12.4. The zero-order valence-electron chi connectivity index (χ0n) is 17.9. The summed E-state index contributed by atoms with van der Waals surface area (Å²) < 4.78 is 0. The Morgan fingerprint density at radius 2 is 1.90 bits per heavy atom. The molecule has 0 radical (unpaired) electrons. The van der Waals surface area contributed by atoms with Crippen LogP contribution in [-0.4, -0.2) is 42.0 Å². The van der Waals surface area contributed by atoms with Crippen LogP contribution in [0.2, 0.25) is 5.02 Å². The summed E-state index contributed by atoms with van der Waals surface area (Å²) in [4.78, 5) is 18.9. The topological polar surface area (TPSA) is 71.2 Å². The van der Waals surface area contributed by atoms with Gasteiger partial charge in [-0.1, -0.05) is 43.4 Å². The predicted molar refractivity (Wildman–Crippen MR) is 128 cm³/mol. The number of nitrogens with two attached hydrogens (primary N) is 1. The highest BCUT2D eigenvalue weighted by molar-refractivity contribution is 6.31. The zero-order valence-corrected chi connectivity index (χ0v) is 18.7. The third-order valence-electron chi connectivity index (χ3n) is 5.06. The minimum Gasteiger partial charge on any atom is -0.383 e. The zero-order chi connectivity index (χ0) is 22.2. The Labute approximate surface area is 188 Å². The van der Waals surface area contributed by atoms with Crippen LogP contribution in [0.1, 0.15) is 41.8 Å². The van der Waals surface area contributed by atoms with Crippen molar-refractivity contribution < 1.29 is 4.79 Å². The number of pyridine rings is 1. The molecule has 0 spiro atoms. The molecule has 3 rings (SSSR count). The van der Waals surface area contributed by atoms with Gasteiger partial charge in [0.2, 0.25) is 0 Å². The summed E-state index contributed by atoms with van der Waals surface area (Å²) in [6, 6.07) is 12.8. The number of hydrogen-bond acceptors (Lipinski definition) is 4. The SMILES string of the molecule is CCCN(CC)CCNC(=O)c1ccc(C#Cc2c(N)ncc3ccc(Cl)cc23)cc1. The first-order chi connectivity index (χ1) is 15.0. The van der Waals surface area contributed by atoms with E-state index in [9.17, 15) is 4.79 Å². The summed E-state index contributed by atoms with van der Waals surface area (Å²) in [6.45, 7) is 7.80. The smallest absolute Gasteiger partial charge is 0.251 e. The lowest BCUT2D eigenvalue weighted by molar-refractivity contribution is 0.0948. The lowest BCUT2D eigenvalue weighted by atomic mass is 10.1. The average Bonchev–Trinajstić information content (AvgIpc) is 2.78. The Hall–Kier alpha value is -3.07. The number of likely N-dealkylation sites (N-methyl/N-ethyl adjacent to an activating group) is 1. The molecule has 0 saturated carbocycles. The van der Waals surface area contributed by atoms with Gasteiger partial charge in [0.15, 0.2) is 0 Å². The molecule has 0 aliphatic rings. The van der Waals surface area contributed by atoms with Gasteiger partial charge in [0.05, 0.1) is 5.56 Å². The van der Waals surface area contributed by atoms with E-state index in [0.717, 1.165) is 42.4 Å². The van der Waals surface area contributed by atoms with Crippen LogP contribution in [0.25, 0.3) is 10.8 Å². The maximum Gasteiger partial charge on any atom is 0.251 e. The fourth-order valence-corrected chi connectivity index (χ4v) is 3.52. The van der Waals surface area contributed by atoms with E-state index in [-0.39, 0.29) is 5.91 Å². The van der Waals surface area contributed by atoms with Crippen LogP contribution in [0.5, 0.6) is 0 Å². The molecule has 5 nitrogen and oxygen atoms in total. The van der Waals surface area contributed by atoms with Crippen molar-refractivity contribution in [1.29, 1.82) is 0 Å². The van der Waals surface area contributed by atoms with Crippen LogP contribution >= 0.6 is 11.6 Å². The van der Waals surface area contributed by atoms with Crippen molar-refractivity contribution in [1.82, 2.24) is 15.2 Å². The summed E-state index contributed by atoms with van der Waals surface area (Å²) in [5.41, 5.74) is 8.10. The number of nitrogen functional groups attached to an aromatic ring is 1. The van der Waals surface area contributed by atoms with Crippen molar-refractivity contribution in [2.24, 2.45) is 0 Å². The molecule has 0 saturated heterocycles. The molecule has 0 unspecified atom stereocenters. The molecule has 1 heterocycles. The first-order valence-corrected chi connectivity index (χ1v) is 10.9. The van der Waals surface area contributed by atoms with Gasteiger partial charge in [-0.15, -0.1) is 0 Å². The molecule has 1 aromatic heterocycles. The number of fused-ring (bicyclic) bond motifs is 1. The number of nitrogens with zero attached hydrogens (tertiary/aromatic N) is 2. The van der Waals surface area contributed by atoms with Gasteiger partial charge in [-0.25, -0.2) is 4.98 Å². The Morgan fingerprint density at radius 3 is 2.61 bits per heavy atom. The first-order valence-electron chi connectivity index (χ1n) is 10.5. The molecule has 160 valence electrons. The van der Waals surface area contributed by atoms with E-state index in [4.69, 9.17) is 17.3 Å². The Morgan fingerprint density at radius 1 is 1.13 bits per heavy atom. The summed E-state index contributed by atoms with van der Waals surface area (Å²) >= 11 is 6.13. The fraction of sp³-hybridized carbons (Fsp3) is 0.280. The van der Waals surface area contributed by atoms with Crippen LogP contribution in [0.4, 0.5) is 5.82 Å². The molecule has 2 aromatic carbocycles. The standard InChI is InChI=1S/C25H27ClN4O/c1-3-14-30(4-2)15-13-28-25(31)19-8-5-18(6-9-19)7-12-22-23-16-21(26)11-10-20(23)17-29-24(22)27/h5-6,8-11,16-17H,3-4,13-15H2,1-2H3,(H2,27,29)(H,28,31). The highest BCUT2D eigenvalue weighted by atomic mass is 35.5. The largest absolute Gasteiger partial charge is 0.383 e. The molecular formula is C25H27ClN4O. The Bertz CT molecular complexity index is 1110. The van der Waals surface area contributed by atoms with Crippen LogP contribution in [0.15, 0.2) is 48.7 Å². The van der Waals surface area contributed by atoms with Crippen molar-refractivity contribution in [3.05, 3.63) is 70.4 Å². The van der Waals surface area contributed by atoms with Crippen molar-refractivity contribution in [3.63, 3.8) is 0 Å². The summed E-state index contributed by atoms with van der Waals surface area (Å²) in [5.74, 6) is 6.50. The van der Waals surface area contributed by atoms with Gasteiger partial charge in [-0.05, 0) is 55.9 Å². The predicted octanol–water partition coefficient (Wildman–Crippen LogP) is 4.33. The van der Waals surface area contributed by atoms with Crippen LogP contribution in [0, 0.1) is 11.8 Å². The molecule has 0 atom stereocenters. The molecule has 0 aliphatic heterocycles. The van der Waals surface area contributed by atoms with Gasteiger partial charge < -0.3 is 16.0 Å². The van der Waals surface area contributed by atoms with E-state index in [1.54, 1.807) is 18.3 Å². The second-order valence-electron chi connectivity index (χ2n) is 7.27. The number of amides is 1. The third kappa shape index (κ3) is 5.97. The molecule has 31 heavy (non-hydrogen) atoms. The maximum absolute atomic E-state index is 12.4. The number of benzene rings is 2. The molecule has 0 bridgehead atoms. The summed E-state index contributed by atoms with van der Waals surface area (Å²) in [6.07, 6.45) is 2.82. The minimum absolute atomic E-state index is 0.0794. The van der Waals surface area contributed by atoms with Gasteiger partial charge in [0, 0.05) is 46.2 Å². The number of aromatic nitrogens is 1. The van der Waals surface area contributed by atoms with E-state index in [1.165, 1.54) is 0 Å². The van der Waals surface area contributed by atoms with E-state index in [1.807, 2.05) is 30.3 Å². The molecule has 6 heteroatoms. The molecule has 0 fully saturated rings. The van der Waals surface area contributed by atoms with Crippen LogP contribution in [-0.2, 0) is 0 Å². The van der Waals surface area contributed by atoms with Crippen molar-refractivity contribution in [2.75, 3.05) is 31.9 Å². The number of anilines is 1. The second-order valence-corrected chi connectivity index (χ2v) is 7.70. The first kappa shape index (κ1) is 22.6. The fourth-order valence-electron chi connectivity index (χ4n) is 3.34. The van der Waals surface area contributed by atoms with E-state index in [2.05, 4.69) is 40.9 Å². The highest BCUT2D eigenvalue weighted by Crippen LogP contribution is 2.24. The quantitative estimate of drug-likeness (QED) is 0.543. The molecule has 3 N–H and O–H groups in total. The monoisotopic (exact) mass is 434 g/mol. The molecular weight excluding hydrogens is 408 g/mol. The van der Waals surface area contributed by atoms with Crippen molar-refractivity contribution >= 4 is 34.1 Å². The average molecular weight is 435 g/mol. The second kappa shape index (κ2) is 10.8. The van der Waals surface area contributed by atoms with Gasteiger partial charge >= 0.3 is 0 Å². The van der Waals surface area contributed by atoms with Crippen LogP contribution < -0.4 is 11.1 Å². The van der Waals surface area contributed by atoms with Gasteiger partial charge in [-0.3, -0.25) is 4.79 Å². The van der Waals surface area contributed by atoms with Gasteiger partial charge in [0.25, 0.3) is 5.91 Å². The number of carbonyl (C=O) groups is 1. The minimum atomic E-state index is -0.0794. The number of hydrogen-bond donors (Lipinski definition) is 2. The van der Waals surface area contributed by atoms with E-state index < -0.39 is 0 Å². The number of halogens is 1. The molecule has 0 aliphatic carbocycles. The Kier molecular flexibility index (Phi) is 7.88. The third-order valence-corrected chi connectivity index (χ3v) is 5.30. The van der Waals surface area contributed by atoms with E-state index >= 15 is 0 Å². The molecule has 3 aromatic rings. The number of carbonyl (C=O) groups excluding carboxylic acids is 1. The van der Waals surface area contributed by atoms with Crippen molar-refractivity contribution in [2.45, 2.75) is 20.3 Å². The number of nitrogens with one attached hydrogen (secondary N) is 1. The normalized spacial score (nSPS) is 10.7. The highest BCUT2D eigenvalue weighted by Gasteiger charge is 2.07.